The van der Waals surface area contributed by atoms with Gasteiger partial charge in [0.1, 0.15) is 0 Å². The summed E-state index contributed by atoms with van der Waals surface area (Å²) in [6.45, 7) is 8.01. The lowest BCUT2D eigenvalue weighted by Crippen LogP contribution is -1.99. The molecule has 3 nitrogen and oxygen atoms in total. The summed E-state index contributed by atoms with van der Waals surface area (Å²) >= 11 is 0. The Kier molecular flexibility index (Phi) is 6.35. The third-order valence-corrected chi connectivity index (χ3v) is 3.16. The fraction of sp³-hybridized carbons (Fsp3) is 0.750. The van der Waals surface area contributed by atoms with Gasteiger partial charge in [0, 0.05) is 6.16 Å². The SMILES string of the molecule is C=CCOP(=O)(CC)OCCC. The molecule has 0 N–H and O–H groups in total. The Morgan fingerprint density at radius 1 is 1.42 bits per heavy atom. The maximum Gasteiger partial charge on any atom is 0.330 e. The summed E-state index contributed by atoms with van der Waals surface area (Å²) in [5.74, 6) is 0. The Morgan fingerprint density at radius 3 is 2.50 bits per heavy atom. The van der Waals surface area contributed by atoms with E-state index in [2.05, 4.69) is 6.58 Å². The molecule has 1 unspecified atom stereocenters. The van der Waals surface area contributed by atoms with Crippen LogP contribution in [0.2, 0.25) is 0 Å². The summed E-state index contributed by atoms with van der Waals surface area (Å²) in [5, 5.41) is 0. The standard InChI is InChI=1S/C8H17O3P/c1-4-7-10-12(9,6-3)11-8-5-2/h4H,1,5-8H2,2-3H3. The minimum atomic E-state index is -2.80. The fourth-order valence-electron chi connectivity index (χ4n) is 0.616. The lowest BCUT2D eigenvalue weighted by Gasteiger charge is -2.15. The van der Waals surface area contributed by atoms with E-state index in [1.165, 1.54) is 0 Å². The van der Waals surface area contributed by atoms with E-state index < -0.39 is 7.60 Å². The van der Waals surface area contributed by atoms with Crippen molar-refractivity contribution in [2.75, 3.05) is 19.4 Å². The molecule has 4 heteroatoms. The molecule has 0 spiro atoms. The molecule has 72 valence electrons. The van der Waals surface area contributed by atoms with E-state index in [0.29, 0.717) is 12.8 Å². The van der Waals surface area contributed by atoms with E-state index in [-0.39, 0.29) is 6.61 Å². The van der Waals surface area contributed by atoms with Crippen LogP contribution in [0.25, 0.3) is 0 Å². The maximum atomic E-state index is 11.6. The van der Waals surface area contributed by atoms with Gasteiger partial charge in [-0.25, -0.2) is 0 Å². The van der Waals surface area contributed by atoms with Crippen molar-refractivity contribution in [3.63, 3.8) is 0 Å². The predicted molar refractivity (Wildman–Crippen MR) is 50.5 cm³/mol. The lowest BCUT2D eigenvalue weighted by molar-refractivity contribution is 0.220. The van der Waals surface area contributed by atoms with E-state index in [1.54, 1.807) is 13.0 Å². The minimum absolute atomic E-state index is 0.287. The molecule has 1 atom stereocenters. The van der Waals surface area contributed by atoms with Crippen LogP contribution in [0.15, 0.2) is 12.7 Å². The Labute approximate surface area is 74.3 Å². The average molecular weight is 192 g/mol. The van der Waals surface area contributed by atoms with Crippen molar-refractivity contribution in [1.29, 1.82) is 0 Å². The van der Waals surface area contributed by atoms with Crippen molar-refractivity contribution >= 4 is 7.60 Å². The van der Waals surface area contributed by atoms with E-state index in [4.69, 9.17) is 9.05 Å². The molecule has 0 saturated heterocycles. The van der Waals surface area contributed by atoms with Gasteiger partial charge in [0.2, 0.25) is 0 Å². The molecule has 0 bridgehead atoms. The molecular formula is C8H17O3P. The van der Waals surface area contributed by atoms with Crippen molar-refractivity contribution < 1.29 is 13.6 Å². The first kappa shape index (κ1) is 11.9. The molecule has 0 aromatic carbocycles. The Bertz CT molecular complexity index is 168. The zero-order valence-electron chi connectivity index (χ0n) is 7.78. The molecule has 0 aromatic heterocycles. The Morgan fingerprint density at radius 2 is 2.08 bits per heavy atom. The third kappa shape index (κ3) is 4.70. The lowest BCUT2D eigenvalue weighted by atomic mass is 10.5. The van der Waals surface area contributed by atoms with Crippen LogP contribution < -0.4 is 0 Å². The van der Waals surface area contributed by atoms with Gasteiger partial charge in [-0.2, -0.15) is 0 Å². The van der Waals surface area contributed by atoms with Crippen LogP contribution >= 0.6 is 7.60 Å². The minimum Gasteiger partial charge on any atom is -0.309 e. The van der Waals surface area contributed by atoms with Crippen molar-refractivity contribution in [3.05, 3.63) is 12.7 Å². The highest BCUT2D eigenvalue weighted by molar-refractivity contribution is 7.53. The van der Waals surface area contributed by atoms with Crippen molar-refractivity contribution in [1.82, 2.24) is 0 Å². The first-order chi connectivity index (χ1) is 5.68. The summed E-state index contributed by atoms with van der Waals surface area (Å²) in [6, 6.07) is 0. The highest BCUT2D eigenvalue weighted by Gasteiger charge is 2.20. The second-order valence-electron chi connectivity index (χ2n) is 2.34. The van der Waals surface area contributed by atoms with E-state index in [0.717, 1.165) is 6.42 Å². The quantitative estimate of drug-likeness (QED) is 0.459. The van der Waals surface area contributed by atoms with Crippen LogP contribution in [0.4, 0.5) is 0 Å². The maximum absolute atomic E-state index is 11.6. The van der Waals surface area contributed by atoms with Gasteiger partial charge in [0.15, 0.2) is 0 Å². The molecule has 0 heterocycles. The topological polar surface area (TPSA) is 35.5 Å². The second-order valence-corrected chi connectivity index (χ2v) is 4.72. The van der Waals surface area contributed by atoms with Gasteiger partial charge in [0.05, 0.1) is 13.2 Å². The highest BCUT2D eigenvalue weighted by Crippen LogP contribution is 2.47. The molecule has 0 radical (unpaired) electrons. The monoisotopic (exact) mass is 192 g/mol. The molecule has 0 saturated carbocycles. The number of rotatable bonds is 7. The molecule has 0 aliphatic heterocycles. The third-order valence-electron chi connectivity index (χ3n) is 1.27. The first-order valence-corrected chi connectivity index (χ1v) is 5.90. The van der Waals surface area contributed by atoms with E-state index >= 15 is 0 Å². The molecule has 0 aliphatic carbocycles. The summed E-state index contributed by atoms with van der Waals surface area (Å²) in [6.07, 6.45) is 2.83. The molecule has 0 rings (SSSR count). The van der Waals surface area contributed by atoms with Gasteiger partial charge in [-0.05, 0) is 6.42 Å². The largest absolute Gasteiger partial charge is 0.330 e. The zero-order chi connectivity index (χ0) is 9.45. The van der Waals surface area contributed by atoms with Crippen LogP contribution in [-0.2, 0) is 13.6 Å². The van der Waals surface area contributed by atoms with Crippen molar-refractivity contribution in [3.8, 4) is 0 Å². The van der Waals surface area contributed by atoms with Crippen molar-refractivity contribution in [2.24, 2.45) is 0 Å². The number of hydrogen-bond acceptors (Lipinski definition) is 3. The van der Waals surface area contributed by atoms with Crippen LogP contribution in [0.1, 0.15) is 20.3 Å². The summed E-state index contributed by atoms with van der Waals surface area (Å²) in [7, 11) is -2.80. The van der Waals surface area contributed by atoms with Crippen molar-refractivity contribution in [2.45, 2.75) is 20.3 Å². The van der Waals surface area contributed by atoms with E-state index in [9.17, 15) is 4.57 Å². The van der Waals surface area contributed by atoms with Gasteiger partial charge >= 0.3 is 7.60 Å². The summed E-state index contributed by atoms with van der Waals surface area (Å²) in [5.41, 5.74) is 0. The van der Waals surface area contributed by atoms with E-state index in [1.807, 2.05) is 6.92 Å². The predicted octanol–water partition coefficient (Wildman–Crippen LogP) is 2.83. The number of hydrogen-bond donors (Lipinski definition) is 0. The molecule has 0 aromatic rings. The van der Waals surface area contributed by atoms with Gasteiger partial charge in [-0.1, -0.05) is 19.9 Å². The van der Waals surface area contributed by atoms with Crippen LogP contribution in [0.5, 0.6) is 0 Å². The first-order valence-electron chi connectivity index (χ1n) is 4.17. The Hall–Kier alpha value is -0.110. The van der Waals surface area contributed by atoms with Crippen LogP contribution in [0, 0.1) is 0 Å². The molecule has 0 fully saturated rings. The fourth-order valence-corrected chi connectivity index (χ4v) is 1.85. The van der Waals surface area contributed by atoms with Gasteiger partial charge in [-0.3, -0.25) is 4.57 Å². The molecule has 0 aliphatic rings. The van der Waals surface area contributed by atoms with Gasteiger partial charge in [0.25, 0.3) is 0 Å². The Balaban J connectivity index is 3.87. The normalized spacial score (nSPS) is 15.5. The van der Waals surface area contributed by atoms with Gasteiger partial charge < -0.3 is 9.05 Å². The summed E-state index contributed by atoms with van der Waals surface area (Å²) in [4.78, 5) is 0. The zero-order valence-corrected chi connectivity index (χ0v) is 8.68. The molecular weight excluding hydrogens is 175 g/mol. The summed E-state index contributed by atoms with van der Waals surface area (Å²) < 4.78 is 21.8. The van der Waals surface area contributed by atoms with Gasteiger partial charge in [-0.15, -0.1) is 6.58 Å². The smallest absolute Gasteiger partial charge is 0.309 e. The average Bonchev–Trinajstić information content (AvgIpc) is 2.11. The molecule has 0 amide bonds. The van der Waals surface area contributed by atoms with Crippen LogP contribution in [-0.4, -0.2) is 19.4 Å². The molecule has 12 heavy (non-hydrogen) atoms. The van der Waals surface area contributed by atoms with Crippen LogP contribution in [0.3, 0.4) is 0 Å². The highest BCUT2D eigenvalue weighted by atomic mass is 31.2. The second kappa shape index (κ2) is 6.41.